The summed E-state index contributed by atoms with van der Waals surface area (Å²) in [7, 11) is 0. The maximum atomic E-state index is 6.02. The molecule has 2 rings (SSSR count). The smallest absolute Gasteiger partial charge is 0.0100 e. The van der Waals surface area contributed by atoms with Crippen LogP contribution >= 0.6 is 0 Å². The van der Waals surface area contributed by atoms with Gasteiger partial charge in [-0.1, -0.05) is 24.3 Å². The molecule has 0 aromatic heterocycles. The van der Waals surface area contributed by atoms with Gasteiger partial charge in [-0.15, -0.1) is 0 Å². The maximum Gasteiger partial charge on any atom is 0.0100 e. The van der Waals surface area contributed by atoms with E-state index in [1.54, 1.807) is 0 Å². The van der Waals surface area contributed by atoms with Gasteiger partial charge in [-0.2, -0.15) is 0 Å². The lowest BCUT2D eigenvalue weighted by Crippen LogP contribution is -2.32. The molecule has 1 aromatic carbocycles. The first kappa shape index (κ1) is 13.6. The zero-order valence-electron chi connectivity index (χ0n) is 11.7. The molecule has 18 heavy (non-hydrogen) atoms. The van der Waals surface area contributed by atoms with E-state index in [2.05, 4.69) is 43.4 Å². The van der Waals surface area contributed by atoms with E-state index in [0.29, 0.717) is 5.92 Å². The van der Waals surface area contributed by atoms with Gasteiger partial charge < -0.3 is 11.1 Å². The first-order valence-electron chi connectivity index (χ1n) is 7.13. The van der Waals surface area contributed by atoms with Gasteiger partial charge in [0, 0.05) is 12.1 Å². The van der Waals surface area contributed by atoms with E-state index in [1.807, 2.05) is 0 Å². The third kappa shape index (κ3) is 4.11. The zero-order valence-corrected chi connectivity index (χ0v) is 11.7. The minimum absolute atomic E-state index is 0.0635. The van der Waals surface area contributed by atoms with Crippen molar-refractivity contribution in [1.82, 2.24) is 5.32 Å². The molecule has 0 aliphatic carbocycles. The molecule has 2 nitrogen and oxygen atoms in total. The monoisotopic (exact) mass is 246 g/mol. The highest BCUT2D eigenvalue weighted by Crippen LogP contribution is 2.23. The molecule has 0 radical (unpaired) electrons. The normalized spacial score (nSPS) is 20.9. The molecule has 1 unspecified atom stereocenters. The summed E-state index contributed by atoms with van der Waals surface area (Å²) in [5, 5.41) is 3.48. The Morgan fingerprint density at radius 3 is 2.56 bits per heavy atom. The Hall–Kier alpha value is -0.860. The summed E-state index contributed by atoms with van der Waals surface area (Å²) < 4.78 is 0. The van der Waals surface area contributed by atoms with Crippen LogP contribution in [0.1, 0.15) is 50.2 Å². The van der Waals surface area contributed by atoms with Gasteiger partial charge in [0.1, 0.15) is 0 Å². The molecule has 1 aliphatic heterocycles. The van der Waals surface area contributed by atoms with Crippen LogP contribution in [0.4, 0.5) is 0 Å². The van der Waals surface area contributed by atoms with Gasteiger partial charge in [0.15, 0.2) is 0 Å². The van der Waals surface area contributed by atoms with E-state index in [-0.39, 0.29) is 5.54 Å². The third-order valence-electron chi connectivity index (χ3n) is 3.81. The van der Waals surface area contributed by atoms with Crippen LogP contribution < -0.4 is 11.1 Å². The van der Waals surface area contributed by atoms with E-state index in [0.717, 1.165) is 19.4 Å². The third-order valence-corrected chi connectivity index (χ3v) is 3.81. The van der Waals surface area contributed by atoms with Gasteiger partial charge in [-0.25, -0.2) is 0 Å². The Balaban J connectivity index is 1.92. The van der Waals surface area contributed by atoms with Gasteiger partial charge in [0.05, 0.1) is 0 Å². The summed E-state index contributed by atoms with van der Waals surface area (Å²) in [5.41, 5.74) is 8.85. The molecule has 1 fully saturated rings. The number of hydrogen-bond acceptors (Lipinski definition) is 2. The maximum absolute atomic E-state index is 6.02. The van der Waals surface area contributed by atoms with Crippen molar-refractivity contribution in [3.63, 3.8) is 0 Å². The second kappa shape index (κ2) is 5.85. The molecule has 1 heterocycles. The average Bonchev–Trinajstić information content (AvgIpc) is 2.37. The van der Waals surface area contributed by atoms with Crippen LogP contribution in [-0.2, 0) is 6.42 Å². The van der Waals surface area contributed by atoms with E-state index < -0.39 is 0 Å². The van der Waals surface area contributed by atoms with E-state index in [4.69, 9.17) is 5.73 Å². The number of hydrogen-bond donors (Lipinski definition) is 2. The Morgan fingerprint density at radius 2 is 2.00 bits per heavy atom. The van der Waals surface area contributed by atoms with Gasteiger partial charge in [0.25, 0.3) is 0 Å². The number of piperidine rings is 1. The number of benzene rings is 1. The Bertz CT molecular complexity index is 356. The lowest BCUT2D eigenvalue weighted by atomic mass is 9.90. The predicted molar refractivity (Wildman–Crippen MR) is 77.9 cm³/mol. The number of rotatable bonds is 4. The quantitative estimate of drug-likeness (QED) is 0.857. The summed E-state index contributed by atoms with van der Waals surface area (Å²) >= 11 is 0. The molecule has 0 spiro atoms. The first-order chi connectivity index (χ1) is 8.54. The molecule has 3 N–H and O–H groups in total. The molecule has 1 saturated heterocycles. The fourth-order valence-corrected chi connectivity index (χ4v) is 2.56. The topological polar surface area (TPSA) is 38.0 Å². The fraction of sp³-hybridized carbons (Fsp3) is 0.625. The molecule has 0 bridgehead atoms. The van der Waals surface area contributed by atoms with Crippen molar-refractivity contribution < 1.29 is 0 Å². The second-order valence-corrected chi connectivity index (χ2v) is 6.27. The largest absolute Gasteiger partial charge is 0.326 e. The summed E-state index contributed by atoms with van der Waals surface area (Å²) in [6, 6.07) is 9.15. The fourth-order valence-electron chi connectivity index (χ4n) is 2.56. The average molecular weight is 246 g/mol. The molecular formula is C16H26N2. The van der Waals surface area contributed by atoms with Crippen LogP contribution in [-0.4, -0.2) is 18.6 Å². The predicted octanol–water partition coefficient (Wildman–Crippen LogP) is 2.82. The summed E-state index contributed by atoms with van der Waals surface area (Å²) in [5.74, 6) is 0.707. The van der Waals surface area contributed by atoms with Crippen LogP contribution in [0.25, 0.3) is 0 Å². The van der Waals surface area contributed by atoms with Gasteiger partial charge >= 0.3 is 0 Å². The molecule has 1 aliphatic rings. The Morgan fingerprint density at radius 1 is 1.28 bits per heavy atom. The molecule has 0 amide bonds. The zero-order chi connectivity index (χ0) is 13.0. The van der Waals surface area contributed by atoms with Crippen LogP contribution in [0, 0.1) is 0 Å². The summed E-state index contributed by atoms with van der Waals surface area (Å²) in [6.45, 7) is 6.50. The van der Waals surface area contributed by atoms with Crippen LogP contribution in [0.3, 0.4) is 0 Å². The van der Waals surface area contributed by atoms with Gasteiger partial charge in [-0.3, -0.25) is 0 Å². The molecule has 2 heteroatoms. The van der Waals surface area contributed by atoms with E-state index in [1.165, 1.54) is 30.5 Å². The van der Waals surface area contributed by atoms with Crippen molar-refractivity contribution in [2.24, 2.45) is 5.73 Å². The van der Waals surface area contributed by atoms with Crippen LogP contribution in [0.15, 0.2) is 24.3 Å². The lowest BCUT2D eigenvalue weighted by Gasteiger charge is -2.23. The lowest BCUT2D eigenvalue weighted by molar-refractivity contribution is 0.461. The van der Waals surface area contributed by atoms with Crippen LogP contribution in [0.2, 0.25) is 0 Å². The van der Waals surface area contributed by atoms with E-state index in [9.17, 15) is 0 Å². The molecule has 1 aromatic rings. The number of aryl methyl sites for hydroxylation is 1. The standard InChI is InChI=1S/C16H26N2/c1-16(2,17)10-9-13-5-7-14(8-6-13)15-4-3-11-18-12-15/h5-8,15,18H,3-4,9-12,17H2,1-2H3. The summed E-state index contributed by atoms with van der Waals surface area (Å²) in [6.07, 6.45) is 4.74. The first-order valence-corrected chi connectivity index (χ1v) is 7.13. The summed E-state index contributed by atoms with van der Waals surface area (Å²) in [4.78, 5) is 0. The molecule has 100 valence electrons. The highest BCUT2D eigenvalue weighted by Gasteiger charge is 2.15. The van der Waals surface area contributed by atoms with Crippen molar-refractivity contribution in [3.05, 3.63) is 35.4 Å². The second-order valence-electron chi connectivity index (χ2n) is 6.27. The number of nitrogens with two attached hydrogens (primary N) is 1. The highest BCUT2D eigenvalue weighted by atomic mass is 14.9. The van der Waals surface area contributed by atoms with E-state index >= 15 is 0 Å². The molecule has 1 atom stereocenters. The Kier molecular flexibility index (Phi) is 4.41. The number of nitrogens with one attached hydrogen (secondary N) is 1. The SMILES string of the molecule is CC(C)(N)CCc1ccc(C2CCCNC2)cc1. The van der Waals surface area contributed by atoms with Gasteiger partial charge in [-0.05, 0) is 63.1 Å². The van der Waals surface area contributed by atoms with Crippen molar-refractivity contribution >= 4 is 0 Å². The highest BCUT2D eigenvalue weighted by molar-refractivity contribution is 5.26. The minimum atomic E-state index is -0.0635. The van der Waals surface area contributed by atoms with Crippen LogP contribution in [0.5, 0.6) is 0 Å². The van der Waals surface area contributed by atoms with Crippen molar-refractivity contribution in [1.29, 1.82) is 0 Å². The van der Waals surface area contributed by atoms with Gasteiger partial charge in [0.2, 0.25) is 0 Å². The van der Waals surface area contributed by atoms with Crippen molar-refractivity contribution in [3.8, 4) is 0 Å². The van der Waals surface area contributed by atoms with Crippen molar-refractivity contribution in [2.75, 3.05) is 13.1 Å². The minimum Gasteiger partial charge on any atom is -0.326 e. The Labute approximate surface area is 111 Å². The van der Waals surface area contributed by atoms with Crippen molar-refractivity contribution in [2.45, 2.75) is 51.0 Å². The molecule has 0 saturated carbocycles. The molecular weight excluding hydrogens is 220 g/mol.